The van der Waals surface area contributed by atoms with Crippen LogP contribution in [0.3, 0.4) is 0 Å². The third-order valence-electron chi connectivity index (χ3n) is 5.18. The van der Waals surface area contributed by atoms with Crippen molar-refractivity contribution in [1.82, 2.24) is 15.3 Å². The van der Waals surface area contributed by atoms with E-state index in [1.165, 1.54) is 30.2 Å². The standard InChI is InChI=1S/C23H25N3OS/c1-2-16(17-8-4-3-5-9-17)14-24-21(27)15-28-23-19-10-6-7-11-20(19)25-22(26-23)18-12-13-18/h3-11,16,18H,2,12-15H2,1H3,(H,24,27). The summed E-state index contributed by atoms with van der Waals surface area (Å²) in [4.78, 5) is 21.9. The Labute approximate surface area is 170 Å². The fourth-order valence-corrected chi connectivity index (χ4v) is 4.20. The zero-order chi connectivity index (χ0) is 19.3. The number of benzene rings is 2. The molecule has 1 atom stereocenters. The normalized spacial score (nSPS) is 14.8. The number of hydrogen-bond acceptors (Lipinski definition) is 4. The number of fused-ring (bicyclic) bond motifs is 1. The van der Waals surface area contributed by atoms with Crippen molar-refractivity contribution in [1.29, 1.82) is 0 Å². The van der Waals surface area contributed by atoms with E-state index < -0.39 is 0 Å². The Morgan fingerprint density at radius 1 is 1.11 bits per heavy atom. The summed E-state index contributed by atoms with van der Waals surface area (Å²) in [6, 6.07) is 18.4. The molecule has 4 nitrogen and oxygen atoms in total. The number of hydrogen-bond donors (Lipinski definition) is 1. The van der Waals surface area contributed by atoms with Crippen molar-refractivity contribution in [2.45, 2.75) is 43.0 Å². The van der Waals surface area contributed by atoms with Gasteiger partial charge in [-0.2, -0.15) is 0 Å². The van der Waals surface area contributed by atoms with Crippen molar-refractivity contribution in [3.8, 4) is 0 Å². The van der Waals surface area contributed by atoms with Crippen molar-refractivity contribution in [3.05, 3.63) is 66.0 Å². The second-order valence-electron chi connectivity index (χ2n) is 7.29. The average molecular weight is 392 g/mol. The maximum Gasteiger partial charge on any atom is 0.230 e. The van der Waals surface area contributed by atoms with Crippen LogP contribution in [0, 0.1) is 0 Å². The predicted molar refractivity (Wildman–Crippen MR) is 115 cm³/mol. The molecule has 1 fully saturated rings. The lowest BCUT2D eigenvalue weighted by Crippen LogP contribution is -2.29. The Balaban J connectivity index is 1.39. The largest absolute Gasteiger partial charge is 0.355 e. The average Bonchev–Trinajstić information content (AvgIpc) is 3.58. The summed E-state index contributed by atoms with van der Waals surface area (Å²) in [5.74, 6) is 2.19. The first-order chi connectivity index (χ1) is 13.7. The number of amides is 1. The molecule has 1 aliphatic carbocycles. The molecular formula is C23H25N3OS. The molecule has 1 amide bonds. The lowest BCUT2D eigenvalue weighted by atomic mass is 9.96. The number of carbonyl (C=O) groups excluding carboxylic acids is 1. The molecule has 5 heteroatoms. The van der Waals surface area contributed by atoms with E-state index in [-0.39, 0.29) is 5.91 Å². The van der Waals surface area contributed by atoms with Crippen LogP contribution in [0.2, 0.25) is 0 Å². The van der Waals surface area contributed by atoms with E-state index in [0.717, 1.165) is 28.2 Å². The van der Waals surface area contributed by atoms with E-state index in [1.807, 2.05) is 42.5 Å². The molecule has 28 heavy (non-hydrogen) atoms. The Kier molecular flexibility index (Phi) is 5.91. The van der Waals surface area contributed by atoms with Crippen LogP contribution in [0.25, 0.3) is 10.9 Å². The lowest BCUT2D eigenvalue weighted by molar-refractivity contribution is -0.118. The molecule has 3 aromatic rings. The van der Waals surface area contributed by atoms with Gasteiger partial charge < -0.3 is 5.32 Å². The van der Waals surface area contributed by atoms with Crippen molar-refractivity contribution in [2.24, 2.45) is 0 Å². The smallest absolute Gasteiger partial charge is 0.230 e. The third kappa shape index (κ3) is 4.53. The van der Waals surface area contributed by atoms with Gasteiger partial charge in [0.2, 0.25) is 5.91 Å². The van der Waals surface area contributed by atoms with Crippen molar-refractivity contribution in [2.75, 3.05) is 12.3 Å². The van der Waals surface area contributed by atoms with Gasteiger partial charge in [-0.25, -0.2) is 9.97 Å². The SMILES string of the molecule is CCC(CNC(=O)CSc1nc(C2CC2)nc2ccccc12)c1ccccc1. The number of carbonyl (C=O) groups is 1. The molecule has 1 unspecified atom stereocenters. The first kappa shape index (κ1) is 18.9. The second kappa shape index (κ2) is 8.74. The molecule has 1 aliphatic rings. The molecule has 1 N–H and O–H groups in total. The molecule has 4 rings (SSSR count). The number of para-hydroxylation sites is 1. The van der Waals surface area contributed by atoms with E-state index in [4.69, 9.17) is 9.97 Å². The molecule has 0 aliphatic heterocycles. The fourth-order valence-electron chi connectivity index (χ4n) is 3.34. The highest BCUT2D eigenvalue weighted by atomic mass is 32.2. The minimum Gasteiger partial charge on any atom is -0.355 e. The number of nitrogens with one attached hydrogen (secondary N) is 1. The van der Waals surface area contributed by atoms with Crippen LogP contribution in [-0.2, 0) is 4.79 Å². The van der Waals surface area contributed by atoms with Gasteiger partial charge in [-0.3, -0.25) is 4.79 Å². The summed E-state index contributed by atoms with van der Waals surface area (Å²) in [6.07, 6.45) is 3.33. The topological polar surface area (TPSA) is 54.9 Å². The van der Waals surface area contributed by atoms with Crippen molar-refractivity contribution < 1.29 is 4.79 Å². The number of aromatic nitrogens is 2. The molecule has 1 aromatic heterocycles. The number of rotatable bonds is 8. The van der Waals surface area contributed by atoms with Crippen LogP contribution in [0.5, 0.6) is 0 Å². The van der Waals surface area contributed by atoms with Crippen LogP contribution < -0.4 is 5.32 Å². The van der Waals surface area contributed by atoms with Crippen LogP contribution >= 0.6 is 11.8 Å². The Morgan fingerprint density at radius 2 is 1.86 bits per heavy atom. The van der Waals surface area contributed by atoms with Gasteiger partial charge >= 0.3 is 0 Å². The minimum atomic E-state index is 0.0510. The maximum atomic E-state index is 12.5. The molecule has 0 radical (unpaired) electrons. The summed E-state index contributed by atoms with van der Waals surface area (Å²) >= 11 is 1.51. The molecule has 1 saturated carbocycles. The van der Waals surface area contributed by atoms with Crippen LogP contribution in [-0.4, -0.2) is 28.2 Å². The van der Waals surface area contributed by atoms with Crippen molar-refractivity contribution in [3.63, 3.8) is 0 Å². The molecule has 1 heterocycles. The molecule has 0 bridgehead atoms. The molecule has 144 valence electrons. The quantitative estimate of drug-likeness (QED) is 0.438. The molecule has 0 spiro atoms. The highest BCUT2D eigenvalue weighted by Gasteiger charge is 2.27. The van der Waals surface area contributed by atoms with Gasteiger partial charge in [0.05, 0.1) is 11.3 Å². The number of nitrogens with zero attached hydrogens (tertiary/aromatic N) is 2. The summed E-state index contributed by atoms with van der Waals surface area (Å²) in [5, 5.41) is 5.04. The van der Waals surface area contributed by atoms with Gasteiger partial charge in [-0.15, -0.1) is 0 Å². The van der Waals surface area contributed by atoms with E-state index in [1.54, 1.807) is 0 Å². The molecule has 0 saturated heterocycles. The van der Waals surface area contributed by atoms with E-state index in [2.05, 4.69) is 24.4 Å². The first-order valence-electron chi connectivity index (χ1n) is 9.95. The third-order valence-corrected chi connectivity index (χ3v) is 6.17. The van der Waals surface area contributed by atoms with E-state index >= 15 is 0 Å². The van der Waals surface area contributed by atoms with Crippen LogP contribution in [0.1, 0.15) is 49.4 Å². The lowest BCUT2D eigenvalue weighted by Gasteiger charge is -2.16. The van der Waals surface area contributed by atoms with Gasteiger partial charge in [0.25, 0.3) is 0 Å². The predicted octanol–water partition coefficient (Wildman–Crippen LogP) is 4.91. The highest BCUT2D eigenvalue weighted by Crippen LogP contribution is 2.39. The van der Waals surface area contributed by atoms with Gasteiger partial charge in [-0.05, 0) is 30.9 Å². The van der Waals surface area contributed by atoms with Gasteiger partial charge in [0, 0.05) is 23.8 Å². The van der Waals surface area contributed by atoms with Crippen molar-refractivity contribution >= 4 is 28.6 Å². The Morgan fingerprint density at radius 3 is 2.61 bits per heavy atom. The Hall–Kier alpha value is -2.40. The fraction of sp³-hybridized carbons (Fsp3) is 0.348. The molecule has 2 aromatic carbocycles. The number of thioether (sulfide) groups is 1. The van der Waals surface area contributed by atoms with Gasteiger partial charge in [0.1, 0.15) is 10.9 Å². The molecular weight excluding hydrogens is 366 g/mol. The zero-order valence-electron chi connectivity index (χ0n) is 16.1. The van der Waals surface area contributed by atoms with E-state index in [0.29, 0.717) is 24.1 Å². The zero-order valence-corrected chi connectivity index (χ0v) is 16.9. The summed E-state index contributed by atoms with van der Waals surface area (Å²) in [7, 11) is 0. The first-order valence-corrected chi connectivity index (χ1v) is 10.9. The summed E-state index contributed by atoms with van der Waals surface area (Å²) in [5.41, 5.74) is 2.24. The van der Waals surface area contributed by atoms with Crippen LogP contribution in [0.4, 0.5) is 0 Å². The Bertz CT molecular complexity index is 956. The van der Waals surface area contributed by atoms with Crippen LogP contribution in [0.15, 0.2) is 59.6 Å². The monoisotopic (exact) mass is 391 g/mol. The minimum absolute atomic E-state index is 0.0510. The van der Waals surface area contributed by atoms with E-state index in [9.17, 15) is 4.79 Å². The van der Waals surface area contributed by atoms with Gasteiger partial charge in [-0.1, -0.05) is 67.2 Å². The summed E-state index contributed by atoms with van der Waals surface area (Å²) < 4.78 is 0. The maximum absolute atomic E-state index is 12.5. The second-order valence-corrected chi connectivity index (χ2v) is 8.25. The summed E-state index contributed by atoms with van der Waals surface area (Å²) in [6.45, 7) is 2.82. The highest BCUT2D eigenvalue weighted by molar-refractivity contribution is 8.00. The van der Waals surface area contributed by atoms with Gasteiger partial charge in [0.15, 0.2) is 0 Å².